The molecule has 3 N–H and O–H groups in total. The van der Waals surface area contributed by atoms with Crippen LogP contribution in [0.2, 0.25) is 0 Å². The molecule has 0 saturated carbocycles. The zero-order chi connectivity index (χ0) is 22.9. The van der Waals surface area contributed by atoms with E-state index in [1.165, 1.54) is 23.8 Å². The topological polar surface area (TPSA) is 153 Å². The first-order valence-corrected chi connectivity index (χ1v) is 9.97. The van der Waals surface area contributed by atoms with Gasteiger partial charge in [-0.15, -0.1) is 0 Å². The van der Waals surface area contributed by atoms with Crippen LogP contribution in [0.3, 0.4) is 0 Å². The molecule has 2 aliphatic rings. The lowest BCUT2D eigenvalue weighted by Crippen LogP contribution is -2.35. The largest absolute Gasteiger partial charge is 0.463 e. The number of nitrogens with two attached hydrogens (primary N) is 1. The van der Waals surface area contributed by atoms with Gasteiger partial charge < -0.3 is 29.5 Å². The van der Waals surface area contributed by atoms with E-state index in [0.717, 1.165) is 0 Å². The van der Waals surface area contributed by atoms with Gasteiger partial charge in [-0.25, -0.2) is 15.1 Å². The number of aromatic nitrogens is 2. The Hall–Kier alpha value is -2.54. The predicted octanol–water partition coefficient (Wildman–Crippen LogP) is 0.0773. The average molecular weight is 440 g/mol. The molecular weight excluding hydrogens is 412 g/mol. The van der Waals surface area contributed by atoms with E-state index in [2.05, 4.69) is 10.5 Å². The standard InChI is InChI=1S/C19H28N4O8/c1-9(2)16(24)27-8-11-13-14(30-19(4,5)29-13)15(28-11)23-7-6-12(21-18(23)26)22-31-17(25)10(3)20/h6-7,9-11,13-15H,8,20H2,1-5H3,(H,21,22,26)/t10-,11-,13-,14-,15-/m1/s1. The van der Waals surface area contributed by atoms with E-state index in [0.29, 0.717) is 0 Å². The summed E-state index contributed by atoms with van der Waals surface area (Å²) in [4.78, 5) is 44.5. The van der Waals surface area contributed by atoms with Gasteiger partial charge in [-0.3, -0.25) is 9.36 Å². The lowest BCUT2D eigenvalue weighted by atomic mass is 10.1. The molecule has 1 aromatic rings. The van der Waals surface area contributed by atoms with Gasteiger partial charge >= 0.3 is 17.6 Å². The Balaban J connectivity index is 1.75. The Morgan fingerprint density at radius 3 is 2.55 bits per heavy atom. The Morgan fingerprint density at radius 2 is 1.94 bits per heavy atom. The summed E-state index contributed by atoms with van der Waals surface area (Å²) in [5.74, 6) is -2.23. The van der Waals surface area contributed by atoms with Gasteiger partial charge in [-0.05, 0) is 20.8 Å². The minimum Gasteiger partial charge on any atom is -0.463 e. The molecule has 0 bridgehead atoms. The third-order valence-corrected chi connectivity index (χ3v) is 4.72. The van der Waals surface area contributed by atoms with Crippen molar-refractivity contribution in [2.45, 2.75) is 71.0 Å². The maximum Gasteiger partial charge on any atom is 0.351 e. The highest BCUT2D eigenvalue weighted by Crippen LogP contribution is 2.42. The lowest BCUT2D eigenvalue weighted by molar-refractivity contribution is -0.203. The molecule has 3 rings (SSSR count). The Labute approximate surface area is 178 Å². The molecular formula is C19H28N4O8. The number of hydrogen-bond acceptors (Lipinski definition) is 11. The smallest absolute Gasteiger partial charge is 0.351 e. The van der Waals surface area contributed by atoms with E-state index in [9.17, 15) is 14.4 Å². The first kappa shape index (κ1) is 23.1. The van der Waals surface area contributed by atoms with Crippen LogP contribution >= 0.6 is 0 Å². The number of hydrogen-bond donors (Lipinski definition) is 2. The summed E-state index contributed by atoms with van der Waals surface area (Å²) in [5.41, 5.74) is 7.03. The zero-order valence-electron chi connectivity index (χ0n) is 18.1. The monoisotopic (exact) mass is 440 g/mol. The first-order valence-electron chi connectivity index (χ1n) is 9.97. The second kappa shape index (κ2) is 8.91. The van der Waals surface area contributed by atoms with E-state index in [4.69, 9.17) is 29.5 Å². The molecule has 0 amide bonds. The van der Waals surface area contributed by atoms with Crippen LogP contribution in [-0.4, -0.2) is 58.2 Å². The molecule has 2 saturated heterocycles. The quantitative estimate of drug-likeness (QED) is 0.437. The summed E-state index contributed by atoms with van der Waals surface area (Å²) in [5, 5.41) is 0. The number of esters is 1. The molecule has 0 aromatic carbocycles. The highest BCUT2D eigenvalue weighted by Gasteiger charge is 2.56. The number of ether oxygens (including phenoxy) is 4. The van der Waals surface area contributed by atoms with E-state index in [1.54, 1.807) is 27.7 Å². The number of carbonyl (C=O) groups is 2. The van der Waals surface area contributed by atoms with E-state index < -0.39 is 48.0 Å². The molecule has 2 fully saturated rings. The molecule has 0 spiro atoms. The highest BCUT2D eigenvalue weighted by atomic mass is 16.8. The summed E-state index contributed by atoms with van der Waals surface area (Å²) in [6, 6.07) is 0.600. The van der Waals surface area contributed by atoms with E-state index in [-0.39, 0.29) is 24.3 Å². The van der Waals surface area contributed by atoms with Crippen molar-refractivity contribution in [2.75, 3.05) is 12.1 Å². The maximum atomic E-state index is 12.6. The highest BCUT2D eigenvalue weighted by molar-refractivity contribution is 5.75. The van der Waals surface area contributed by atoms with Crippen molar-refractivity contribution in [3.63, 3.8) is 0 Å². The molecule has 0 unspecified atom stereocenters. The van der Waals surface area contributed by atoms with Crippen molar-refractivity contribution < 1.29 is 33.4 Å². The summed E-state index contributed by atoms with van der Waals surface area (Å²) in [6.07, 6.45) is -1.22. The third kappa shape index (κ3) is 5.21. The normalized spacial score (nSPS) is 27.6. The Bertz CT molecular complexity index is 884. The summed E-state index contributed by atoms with van der Waals surface area (Å²) >= 11 is 0. The van der Waals surface area contributed by atoms with Crippen molar-refractivity contribution in [2.24, 2.45) is 11.7 Å². The lowest BCUT2D eigenvalue weighted by Gasteiger charge is -2.25. The number of carbonyl (C=O) groups excluding carboxylic acids is 2. The molecule has 2 aliphatic heterocycles. The summed E-state index contributed by atoms with van der Waals surface area (Å²) in [6.45, 7) is 8.38. The molecule has 0 aliphatic carbocycles. The molecule has 172 valence electrons. The van der Waals surface area contributed by atoms with Gasteiger partial charge in [-0.2, -0.15) is 4.98 Å². The molecule has 12 heteroatoms. The Morgan fingerprint density at radius 1 is 1.26 bits per heavy atom. The van der Waals surface area contributed by atoms with Crippen LogP contribution in [0.15, 0.2) is 17.1 Å². The summed E-state index contributed by atoms with van der Waals surface area (Å²) in [7, 11) is 0. The molecule has 5 atom stereocenters. The second-order valence-corrected chi connectivity index (χ2v) is 8.23. The number of nitrogens with zero attached hydrogens (tertiary/aromatic N) is 2. The van der Waals surface area contributed by atoms with Gasteiger partial charge in [0.2, 0.25) is 0 Å². The van der Waals surface area contributed by atoms with Crippen LogP contribution in [0, 0.1) is 5.92 Å². The van der Waals surface area contributed by atoms with Crippen molar-refractivity contribution in [3.05, 3.63) is 22.7 Å². The zero-order valence-corrected chi connectivity index (χ0v) is 18.1. The molecule has 1 aromatic heterocycles. The van der Waals surface area contributed by atoms with Gasteiger partial charge in [-0.1, -0.05) is 13.8 Å². The van der Waals surface area contributed by atoms with Crippen molar-refractivity contribution in [3.8, 4) is 0 Å². The van der Waals surface area contributed by atoms with E-state index in [1.807, 2.05) is 0 Å². The minimum absolute atomic E-state index is 0.0242. The number of fused-ring (bicyclic) bond motifs is 1. The molecule has 31 heavy (non-hydrogen) atoms. The fourth-order valence-electron chi connectivity index (χ4n) is 3.21. The number of rotatable bonds is 7. The van der Waals surface area contributed by atoms with Gasteiger partial charge in [0, 0.05) is 12.3 Å². The van der Waals surface area contributed by atoms with Gasteiger partial charge in [0.1, 0.15) is 31.0 Å². The predicted molar refractivity (Wildman–Crippen MR) is 105 cm³/mol. The molecule has 3 heterocycles. The SMILES string of the molecule is CC(C)C(=O)OC[C@H]1O[C@@H](n2ccc(NOC(=O)[C@@H](C)N)nc2=O)[C@@H]2OC(C)(C)O[C@@H]21. The average Bonchev–Trinajstić information content (AvgIpc) is 3.17. The summed E-state index contributed by atoms with van der Waals surface area (Å²) < 4.78 is 24.4. The van der Waals surface area contributed by atoms with Crippen LogP contribution in [0.5, 0.6) is 0 Å². The van der Waals surface area contributed by atoms with Crippen LogP contribution < -0.4 is 16.9 Å². The van der Waals surface area contributed by atoms with Crippen LogP contribution in [0.1, 0.15) is 40.8 Å². The van der Waals surface area contributed by atoms with Gasteiger partial charge in [0.15, 0.2) is 17.8 Å². The van der Waals surface area contributed by atoms with Crippen LogP contribution in [-0.2, 0) is 33.4 Å². The second-order valence-electron chi connectivity index (χ2n) is 8.23. The van der Waals surface area contributed by atoms with Crippen molar-refractivity contribution in [1.82, 2.24) is 9.55 Å². The molecule has 12 nitrogen and oxygen atoms in total. The van der Waals surface area contributed by atoms with Crippen LogP contribution in [0.25, 0.3) is 0 Å². The van der Waals surface area contributed by atoms with Gasteiger partial charge in [0.05, 0.1) is 5.92 Å². The fraction of sp³-hybridized carbons (Fsp3) is 0.684. The minimum atomic E-state index is -0.899. The van der Waals surface area contributed by atoms with E-state index >= 15 is 0 Å². The van der Waals surface area contributed by atoms with Crippen LogP contribution in [0.4, 0.5) is 5.82 Å². The third-order valence-electron chi connectivity index (χ3n) is 4.72. The maximum absolute atomic E-state index is 12.6. The van der Waals surface area contributed by atoms with Gasteiger partial charge in [0.25, 0.3) is 0 Å². The fourth-order valence-corrected chi connectivity index (χ4v) is 3.21. The number of anilines is 1. The van der Waals surface area contributed by atoms with Crippen molar-refractivity contribution >= 4 is 17.8 Å². The first-order chi connectivity index (χ1) is 14.5. The Kier molecular flexibility index (Phi) is 6.65. The molecule has 0 radical (unpaired) electrons. The van der Waals surface area contributed by atoms with Crippen molar-refractivity contribution in [1.29, 1.82) is 0 Å². The number of nitrogens with one attached hydrogen (secondary N) is 1.